The van der Waals surface area contributed by atoms with Gasteiger partial charge in [0.1, 0.15) is 0 Å². The fourth-order valence-corrected chi connectivity index (χ4v) is 3.63. The third-order valence-electron chi connectivity index (χ3n) is 3.50. The van der Waals surface area contributed by atoms with Gasteiger partial charge in [-0.1, -0.05) is 36.4 Å². The Bertz CT molecular complexity index is 677. The van der Waals surface area contributed by atoms with Gasteiger partial charge in [-0.05, 0) is 24.6 Å². The molecule has 2 aromatic carbocycles. The molecule has 1 aliphatic rings. The van der Waals surface area contributed by atoms with Crippen molar-refractivity contribution in [3.63, 3.8) is 0 Å². The smallest absolute Gasteiger partial charge is 0.175 e. The summed E-state index contributed by atoms with van der Waals surface area (Å²) in [5, 5.41) is 0. The molecule has 0 fully saturated rings. The van der Waals surface area contributed by atoms with Crippen molar-refractivity contribution in [1.29, 1.82) is 0 Å². The number of hydrogen-bond acceptors (Lipinski definition) is 3. The molecule has 0 radical (unpaired) electrons. The molecular formula is C17H14O2S. The lowest BCUT2D eigenvalue weighted by molar-refractivity contribution is 0.0820. The second-order valence-electron chi connectivity index (χ2n) is 4.96. The van der Waals surface area contributed by atoms with E-state index in [1.54, 1.807) is 23.9 Å². The first kappa shape index (κ1) is 13.1. The second-order valence-corrected chi connectivity index (χ2v) is 6.02. The van der Waals surface area contributed by atoms with Gasteiger partial charge >= 0.3 is 0 Å². The fourth-order valence-electron chi connectivity index (χ4n) is 2.39. The van der Waals surface area contributed by atoms with Crippen LogP contribution in [0.1, 0.15) is 26.3 Å². The van der Waals surface area contributed by atoms with Gasteiger partial charge in [0.25, 0.3) is 0 Å². The Morgan fingerprint density at radius 2 is 1.90 bits per heavy atom. The minimum atomic E-state index is -0.558. The number of rotatable bonds is 2. The van der Waals surface area contributed by atoms with Crippen LogP contribution >= 0.6 is 11.8 Å². The van der Waals surface area contributed by atoms with Crippen molar-refractivity contribution in [2.45, 2.75) is 11.8 Å². The molecule has 3 rings (SSSR count). The highest BCUT2D eigenvalue weighted by molar-refractivity contribution is 7.99. The van der Waals surface area contributed by atoms with Crippen molar-refractivity contribution >= 4 is 23.3 Å². The van der Waals surface area contributed by atoms with Crippen LogP contribution in [0.5, 0.6) is 0 Å². The number of carbonyl (C=O) groups excluding carboxylic acids is 2. The number of ketones is 2. The normalized spacial score (nSPS) is 17.6. The van der Waals surface area contributed by atoms with Crippen LogP contribution in [0.25, 0.3) is 0 Å². The molecule has 0 saturated carbocycles. The standard InChI is InChI=1S/C17H14O2S/c1-11-7-8-13-15(9-11)20-10-14(17(13)19)16(18)12-5-3-2-4-6-12/h2-9,14H,10H2,1H3. The molecule has 0 bridgehead atoms. The third kappa shape index (κ3) is 2.29. The molecule has 2 nitrogen and oxygen atoms in total. The van der Waals surface area contributed by atoms with Crippen molar-refractivity contribution in [2.24, 2.45) is 5.92 Å². The largest absolute Gasteiger partial charge is 0.293 e. The first-order valence-electron chi connectivity index (χ1n) is 6.54. The summed E-state index contributed by atoms with van der Waals surface area (Å²) in [6.07, 6.45) is 0. The van der Waals surface area contributed by atoms with Crippen LogP contribution in [0.4, 0.5) is 0 Å². The van der Waals surface area contributed by atoms with E-state index in [9.17, 15) is 9.59 Å². The van der Waals surface area contributed by atoms with E-state index in [4.69, 9.17) is 0 Å². The zero-order valence-electron chi connectivity index (χ0n) is 11.1. The summed E-state index contributed by atoms with van der Waals surface area (Å²) in [7, 11) is 0. The highest BCUT2D eigenvalue weighted by Gasteiger charge is 2.33. The number of thioether (sulfide) groups is 1. The molecule has 0 N–H and O–H groups in total. The van der Waals surface area contributed by atoms with Crippen LogP contribution in [0.2, 0.25) is 0 Å². The molecule has 0 amide bonds. The molecule has 1 atom stereocenters. The number of benzene rings is 2. The van der Waals surface area contributed by atoms with Gasteiger partial charge in [0.15, 0.2) is 11.6 Å². The van der Waals surface area contributed by atoms with Crippen LogP contribution in [0.15, 0.2) is 53.4 Å². The Morgan fingerprint density at radius 1 is 1.15 bits per heavy atom. The lowest BCUT2D eigenvalue weighted by Gasteiger charge is -2.22. The van der Waals surface area contributed by atoms with E-state index in [1.807, 2.05) is 43.3 Å². The molecular weight excluding hydrogens is 268 g/mol. The zero-order valence-corrected chi connectivity index (χ0v) is 11.9. The molecule has 20 heavy (non-hydrogen) atoms. The predicted molar refractivity (Wildman–Crippen MR) is 80.5 cm³/mol. The molecule has 2 aromatic rings. The third-order valence-corrected chi connectivity index (χ3v) is 4.65. The molecule has 0 saturated heterocycles. The predicted octanol–water partition coefficient (Wildman–Crippen LogP) is 3.78. The quantitative estimate of drug-likeness (QED) is 0.621. The summed E-state index contributed by atoms with van der Waals surface area (Å²) in [5.41, 5.74) is 2.43. The first-order chi connectivity index (χ1) is 9.66. The molecule has 0 spiro atoms. The summed E-state index contributed by atoms with van der Waals surface area (Å²) < 4.78 is 0. The van der Waals surface area contributed by atoms with E-state index in [0.717, 1.165) is 10.5 Å². The van der Waals surface area contributed by atoms with Gasteiger partial charge in [-0.3, -0.25) is 9.59 Å². The number of fused-ring (bicyclic) bond motifs is 1. The lowest BCUT2D eigenvalue weighted by atomic mass is 9.90. The van der Waals surface area contributed by atoms with Gasteiger partial charge in [-0.25, -0.2) is 0 Å². The molecule has 0 aromatic heterocycles. The van der Waals surface area contributed by atoms with E-state index < -0.39 is 5.92 Å². The summed E-state index contributed by atoms with van der Waals surface area (Å²) >= 11 is 1.60. The Labute approximate surface area is 122 Å². The van der Waals surface area contributed by atoms with Gasteiger partial charge in [-0.15, -0.1) is 11.8 Å². The van der Waals surface area contributed by atoms with Gasteiger partial charge in [0, 0.05) is 21.8 Å². The zero-order chi connectivity index (χ0) is 14.1. The Balaban J connectivity index is 1.93. The first-order valence-corrected chi connectivity index (χ1v) is 7.52. The van der Waals surface area contributed by atoms with Crippen molar-refractivity contribution in [3.05, 3.63) is 65.2 Å². The van der Waals surface area contributed by atoms with E-state index in [-0.39, 0.29) is 11.6 Å². The Morgan fingerprint density at radius 3 is 2.65 bits per heavy atom. The number of carbonyl (C=O) groups is 2. The molecule has 100 valence electrons. The highest BCUT2D eigenvalue weighted by atomic mass is 32.2. The fraction of sp³-hybridized carbons (Fsp3) is 0.176. The van der Waals surface area contributed by atoms with Crippen LogP contribution in [0.3, 0.4) is 0 Å². The molecule has 1 aliphatic heterocycles. The van der Waals surface area contributed by atoms with Crippen molar-refractivity contribution in [3.8, 4) is 0 Å². The average Bonchev–Trinajstić information content (AvgIpc) is 2.48. The lowest BCUT2D eigenvalue weighted by Crippen LogP contribution is -2.29. The summed E-state index contributed by atoms with van der Waals surface area (Å²) in [4.78, 5) is 26.0. The van der Waals surface area contributed by atoms with Crippen LogP contribution in [0, 0.1) is 12.8 Å². The average molecular weight is 282 g/mol. The molecule has 3 heteroatoms. The van der Waals surface area contributed by atoms with Gasteiger partial charge in [-0.2, -0.15) is 0 Å². The Kier molecular flexibility index (Phi) is 3.45. The summed E-state index contributed by atoms with van der Waals surface area (Å²) in [6.45, 7) is 2.01. The maximum atomic E-state index is 12.5. The maximum Gasteiger partial charge on any atom is 0.175 e. The SMILES string of the molecule is Cc1ccc2c(c1)SCC(C(=O)c1ccccc1)C2=O. The number of hydrogen-bond donors (Lipinski definition) is 0. The van der Waals surface area contributed by atoms with E-state index >= 15 is 0 Å². The van der Waals surface area contributed by atoms with Gasteiger partial charge in [0.2, 0.25) is 0 Å². The topological polar surface area (TPSA) is 34.1 Å². The Hall–Kier alpha value is -1.87. The van der Waals surface area contributed by atoms with Crippen molar-refractivity contribution < 1.29 is 9.59 Å². The maximum absolute atomic E-state index is 12.5. The van der Waals surface area contributed by atoms with Crippen molar-refractivity contribution in [1.82, 2.24) is 0 Å². The van der Waals surface area contributed by atoms with Gasteiger partial charge in [0.05, 0.1) is 5.92 Å². The number of aryl methyl sites for hydroxylation is 1. The molecule has 1 heterocycles. The van der Waals surface area contributed by atoms with E-state index in [1.165, 1.54) is 0 Å². The van der Waals surface area contributed by atoms with Crippen LogP contribution in [-0.2, 0) is 0 Å². The minimum Gasteiger partial charge on any atom is -0.293 e. The van der Waals surface area contributed by atoms with E-state index in [2.05, 4.69) is 0 Å². The van der Waals surface area contributed by atoms with E-state index in [0.29, 0.717) is 16.9 Å². The van der Waals surface area contributed by atoms with Gasteiger partial charge < -0.3 is 0 Å². The van der Waals surface area contributed by atoms with Crippen LogP contribution < -0.4 is 0 Å². The summed E-state index contributed by atoms with van der Waals surface area (Å²) in [6, 6.07) is 14.8. The van der Waals surface area contributed by atoms with Crippen molar-refractivity contribution in [2.75, 3.05) is 5.75 Å². The highest BCUT2D eigenvalue weighted by Crippen LogP contribution is 2.34. The minimum absolute atomic E-state index is 0.0485. The number of Topliss-reactive ketones (excluding diaryl/α,β-unsaturated/α-hetero) is 2. The van der Waals surface area contributed by atoms with Crippen LogP contribution in [-0.4, -0.2) is 17.3 Å². The monoisotopic (exact) mass is 282 g/mol. The summed E-state index contributed by atoms with van der Waals surface area (Å²) in [5.74, 6) is -0.150. The second kappa shape index (κ2) is 5.25. The molecule has 0 aliphatic carbocycles. The molecule has 1 unspecified atom stereocenters.